The van der Waals surface area contributed by atoms with E-state index in [0.717, 1.165) is 11.1 Å². The summed E-state index contributed by atoms with van der Waals surface area (Å²) in [5.74, 6) is -0.395. The zero-order valence-corrected chi connectivity index (χ0v) is 18.1. The number of carbonyl (C=O) groups is 2. The third-order valence-electron chi connectivity index (χ3n) is 4.57. The molecule has 0 bridgehead atoms. The van der Waals surface area contributed by atoms with Gasteiger partial charge in [-0.05, 0) is 47.0 Å². The Morgan fingerprint density at radius 1 is 0.909 bits per heavy atom. The Bertz CT molecular complexity index is 1190. The summed E-state index contributed by atoms with van der Waals surface area (Å²) >= 11 is 0. The fraction of sp³-hybridized carbons (Fsp3) is 0.115. The summed E-state index contributed by atoms with van der Waals surface area (Å²) in [7, 11) is 2.60. The molecule has 0 unspecified atom stereocenters. The SMILES string of the molecule is COC(=O)/C(C#N)=C/c1ccc(OC(=O)COc2ccc(-c3ccccc3)cc2)c(OC)c1. The number of esters is 2. The van der Waals surface area contributed by atoms with Crippen molar-refractivity contribution in [1.29, 1.82) is 5.26 Å². The molecule has 0 radical (unpaired) electrons. The minimum atomic E-state index is -0.749. The van der Waals surface area contributed by atoms with Gasteiger partial charge in [0.25, 0.3) is 0 Å². The smallest absolute Gasteiger partial charge is 0.349 e. The first-order chi connectivity index (χ1) is 16.0. The van der Waals surface area contributed by atoms with Gasteiger partial charge in [-0.2, -0.15) is 5.26 Å². The van der Waals surface area contributed by atoms with Crippen LogP contribution in [-0.2, 0) is 14.3 Å². The summed E-state index contributed by atoms with van der Waals surface area (Å²) in [6.07, 6.45) is 1.35. The Kier molecular flexibility index (Phi) is 7.81. The second kappa shape index (κ2) is 11.2. The minimum absolute atomic E-state index is 0.170. The fourth-order valence-electron chi connectivity index (χ4n) is 2.94. The number of ether oxygens (including phenoxy) is 4. The zero-order chi connectivity index (χ0) is 23.6. The van der Waals surface area contributed by atoms with E-state index in [-0.39, 0.29) is 23.7 Å². The Labute approximate surface area is 191 Å². The van der Waals surface area contributed by atoms with Crippen molar-refractivity contribution in [2.75, 3.05) is 20.8 Å². The van der Waals surface area contributed by atoms with Crippen molar-refractivity contribution in [3.8, 4) is 34.4 Å². The summed E-state index contributed by atoms with van der Waals surface area (Å²) in [6, 6.07) is 23.7. The number of hydrogen-bond acceptors (Lipinski definition) is 7. The third kappa shape index (κ3) is 6.21. The molecule has 0 aliphatic carbocycles. The van der Waals surface area contributed by atoms with Gasteiger partial charge in [0.15, 0.2) is 18.1 Å². The first-order valence-electron chi connectivity index (χ1n) is 9.91. The molecular weight excluding hydrogens is 422 g/mol. The molecule has 3 rings (SSSR count). The van der Waals surface area contributed by atoms with Gasteiger partial charge in [0, 0.05) is 0 Å². The van der Waals surface area contributed by atoms with Crippen molar-refractivity contribution < 1.29 is 28.5 Å². The summed E-state index contributed by atoms with van der Waals surface area (Å²) in [5.41, 5.74) is 2.46. The molecular formula is C26H21NO6. The predicted molar refractivity (Wildman–Crippen MR) is 122 cm³/mol. The molecule has 0 aliphatic rings. The van der Waals surface area contributed by atoms with Crippen LogP contribution >= 0.6 is 0 Å². The molecule has 0 heterocycles. The highest BCUT2D eigenvalue weighted by Gasteiger charge is 2.13. The van der Waals surface area contributed by atoms with E-state index < -0.39 is 11.9 Å². The van der Waals surface area contributed by atoms with Crippen LogP contribution < -0.4 is 14.2 Å². The zero-order valence-electron chi connectivity index (χ0n) is 18.1. The second-order valence-corrected chi connectivity index (χ2v) is 6.72. The highest BCUT2D eigenvalue weighted by Crippen LogP contribution is 2.29. The fourth-order valence-corrected chi connectivity index (χ4v) is 2.94. The van der Waals surface area contributed by atoms with Crippen molar-refractivity contribution in [1.82, 2.24) is 0 Å². The van der Waals surface area contributed by atoms with Crippen LogP contribution in [0.25, 0.3) is 17.2 Å². The largest absolute Gasteiger partial charge is 0.493 e. The van der Waals surface area contributed by atoms with Gasteiger partial charge < -0.3 is 18.9 Å². The molecule has 0 atom stereocenters. The molecule has 7 nitrogen and oxygen atoms in total. The monoisotopic (exact) mass is 443 g/mol. The number of methoxy groups -OCH3 is 2. The minimum Gasteiger partial charge on any atom is -0.493 e. The molecule has 33 heavy (non-hydrogen) atoms. The Hall–Kier alpha value is -4.57. The predicted octanol–water partition coefficient (Wildman–Crippen LogP) is 4.43. The Morgan fingerprint density at radius 2 is 1.61 bits per heavy atom. The average Bonchev–Trinajstić information content (AvgIpc) is 2.87. The Balaban J connectivity index is 1.62. The molecule has 0 amide bonds. The van der Waals surface area contributed by atoms with E-state index in [4.69, 9.17) is 19.5 Å². The molecule has 3 aromatic rings. The van der Waals surface area contributed by atoms with Crippen molar-refractivity contribution in [3.05, 3.63) is 83.9 Å². The van der Waals surface area contributed by atoms with Gasteiger partial charge >= 0.3 is 11.9 Å². The summed E-state index contributed by atoms with van der Waals surface area (Å²) in [4.78, 5) is 23.8. The van der Waals surface area contributed by atoms with Crippen molar-refractivity contribution >= 4 is 18.0 Å². The van der Waals surface area contributed by atoms with Crippen LogP contribution in [0, 0.1) is 11.3 Å². The highest BCUT2D eigenvalue weighted by atomic mass is 16.6. The van der Waals surface area contributed by atoms with Crippen molar-refractivity contribution in [2.45, 2.75) is 0 Å². The normalized spacial score (nSPS) is 10.6. The van der Waals surface area contributed by atoms with E-state index in [1.807, 2.05) is 42.5 Å². The number of rotatable bonds is 8. The lowest BCUT2D eigenvalue weighted by Crippen LogP contribution is -2.18. The maximum absolute atomic E-state index is 12.3. The van der Waals surface area contributed by atoms with Crippen molar-refractivity contribution in [2.24, 2.45) is 0 Å². The van der Waals surface area contributed by atoms with Crippen LogP contribution in [-0.4, -0.2) is 32.8 Å². The maximum Gasteiger partial charge on any atom is 0.349 e. The van der Waals surface area contributed by atoms with Crippen LogP contribution in [0.2, 0.25) is 0 Å². The molecule has 0 fully saturated rings. The standard InChI is InChI=1S/C26H21NO6/c1-30-24-15-18(14-21(16-27)26(29)31-2)8-13-23(24)33-25(28)17-32-22-11-9-20(10-12-22)19-6-4-3-5-7-19/h3-15H,17H2,1-2H3/b21-14+. The molecule has 0 aliphatic heterocycles. The highest BCUT2D eigenvalue weighted by molar-refractivity contribution is 5.97. The van der Waals surface area contributed by atoms with Gasteiger partial charge in [0.05, 0.1) is 14.2 Å². The molecule has 0 saturated carbocycles. The summed E-state index contributed by atoms with van der Waals surface area (Å²) in [6.45, 7) is -0.295. The summed E-state index contributed by atoms with van der Waals surface area (Å²) < 4.78 is 20.7. The lowest BCUT2D eigenvalue weighted by molar-refractivity contribution is -0.137. The second-order valence-electron chi connectivity index (χ2n) is 6.72. The van der Waals surface area contributed by atoms with Gasteiger partial charge in [-0.3, -0.25) is 0 Å². The Morgan fingerprint density at radius 3 is 2.24 bits per heavy atom. The van der Waals surface area contributed by atoms with Gasteiger partial charge in [0.2, 0.25) is 0 Å². The molecule has 0 aromatic heterocycles. The van der Waals surface area contributed by atoms with E-state index in [1.54, 1.807) is 24.3 Å². The van der Waals surface area contributed by atoms with E-state index in [1.165, 1.54) is 32.4 Å². The first kappa shape index (κ1) is 23.1. The van der Waals surface area contributed by atoms with Gasteiger partial charge in [-0.15, -0.1) is 0 Å². The molecule has 166 valence electrons. The van der Waals surface area contributed by atoms with Gasteiger partial charge in [-0.1, -0.05) is 48.5 Å². The molecule has 0 spiro atoms. The van der Waals surface area contributed by atoms with Crippen LogP contribution in [0.3, 0.4) is 0 Å². The van der Waals surface area contributed by atoms with Crippen LogP contribution in [0.5, 0.6) is 17.2 Å². The lowest BCUT2D eigenvalue weighted by atomic mass is 10.1. The third-order valence-corrected chi connectivity index (χ3v) is 4.57. The molecule has 0 N–H and O–H groups in total. The van der Waals surface area contributed by atoms with E-state index in [9.17, 15) is 9.59 Å². The van der Waals surface area contributed by atoms with Crippen LogP contribution in [0.15, 0.2) is 78.4 Å². The number of nitrogens with zero attached hydrogens (tertiary/aromatic N) is 1. The van der Waals surface area contributed by atoms with Crippen LogP contribution in [0.1, 0.15) is 5.56 Å². The van der Waals surface area contributed by atoms with E-state index >= 15 is 0 Å². The topological polar surface area (TPSA) is 94.9 Å². The molecule has 0 saturated heterocycles. The molecule has 3 aromatic carbocycles. The van der Waals surface area contributed by atoms with E-state index in [0.29, 0.717) is 11.3 Å². The number of benzene rings is 3. The first-order valence-corrected chi connectivity index (χ1v) is 9.91. The molecule has 7 heteroatoms. The van der Waals surface area contributed by atoms with Crippen molar-refractivity contribution in [3.63, 3.8) is 0 Å². The summed E-state index contributed by atoms with van der Waals surface area (Å²) in [5, 5.41) is 9.08. The van der Waals surface area contributed by atoms with Crippen LogP contribution in [0.4, 0.5) is 0 Å². The average molecular weight is 443 g/mol. The number of carbonyl (C=O) groups excluding carboxylic acids is 2. The quantitative estimate of drug-likeness (QED) is 0.220. The number of nitriles is 1. The van der Waals surface area contributed by atoms with Gasteiger partial charge in [0.1, 0.15) is 17.4 Å². The number of hydrogen-bond donors (Lipinski definition) is 0. The van der Waals surface area contributed by atoms with E-state index in [2.05, 4.69) is 4.74 Å². The maximum atomic E-state index is 12.3. The lowest BCUT2D eigenvalue weighted by Gasteiger charge is -2.11. The van der Waals surface area contributed by atoms with Gasteiger partial charge in [-0.25, -0.2) is 9.59 Å².